The molecule has 1 aliphatic carbocycles. The smallest absolute Gasteiger partial charge is 0.141 e. The third-order valence-electron chi connectivity index (χ3n) is 4.24. The van der Waals surface area contributed by atoms with Crippen LogP contribution in [0, 0.1) is 3.57 Å². The number of benzene rings is 1. The maximum Gasteiger partial charge on any atom is 0.141 e. The molecule has 1 fully saturated rings. The predicted octanol–water partition coefficient (Wildman–Crippen LogP) is 3.70. The van der Waals surface area contributed by atoms with Gasteiger partial charge in [-0.15, -0.1) is 0 Å². The first-order valence-electron chi connectivity index (χ1n) is 7.05. The van der Waals surface area contributed by atoms with Gasteiger partial charge in [0.2, 0.25) is 0 Å². The molecule has 0 aliphatic heterocycles. The van der Waals surface area contributed by atoms with Crippen LogP contribution in [0.3, 0.4) is 0 Å². The maximum absolute atomic E-state index is 6.09. The number of anilines is 1. The molecule has 0 atom stereocenters. The van der Waals surface area contributed by atoms with Crippen LogP contribution in [-0.4, -0.2) is 9.97 Å². The van der Waals surface area contributed by atoms with Crippen molar-refractivity contribution in [3.05, 3.63) is 51.0 Å². The van der Waals surface area contributed by atoms with Crippen LogP contribution in [0.1, 0.15) is 43.3 Å². The minimum Gasteiger partial charge on any atom is -0.383 e. The summed E-state index contributed by atoms with van der Waals surface area (Å²) in [7, 11) is 0. The van der Waals surface area contributed by atoms with Crippen molar-refractivity contribution < 1.29 is 0 Å². The summed E-state index contributed by atoms with van der Waals surface area (Å²) in [5.74, 6) is 1.53. The van der Waals surface area contributed by atoms with E-state index in [4.69, 9.17) is 10.7 Å². The monoisotopic (exact) mass is 379 g/mol. The number of nitrogen functional groups attached to an aromatic ring is 1. The van der Waals surface area contributed by atoms with Gasteiger partial charge in [0.05, 0.1) is 14.7 Å². The molecule has 3 rings (SSSR count). The molecule has 1 saturated carbocycles. The highest BCUT2D eigenvalue weighted by atomic mass is 127. The zero-order chi connectivity index (χ0) is 14.2. The first-order chi connectivity index (χ1) is 9.67. The molecule has 4 heteroatoms. The fraction of sp³-hybridized carbons (Fsp3) is 0.375. The molecule has 1 heterocycles. The van der Waals surface area contributed by atoms with Crippen molar-refractivity contribution in [3.8, 4) is 0 Å². The highest BCUT2D eigenvalue weighted by molar-refractivity contribution is 14.1. The van der Waals surface area contributed by atoms with Gasteiger partial charge in [-0.3, -0.25) is 0 Å². The van der Waals surface area contributed by atoms with E-state index < -0.39 is 0 Å². The van der Waals surface area contributed by atoms with Crippen molar-refractivity contribution in [1.82, 2.24) is 9.97 Å². The van der Waals surface area contributed by atoms with Crippen molar-refractivity contribution >= 4 is 28.4 Å². The molecule has 0 bridgehead atoms. The summed E-state index contributed by atoms with van der Waals surface area (Å²) in [6, 6.07) is 10.6. The van der Waals surface area contributed by atoms with Gasteiger partial charge in [0, 0.05) is 0 Å². The van der Waals surface area contributed by atoms with Gasteiger partial charge in [-0.1, -0.05) is 43.7 Å². The summed E-state index contributed by atoms with van der Waals surface area (Å²) >= 11 is 2.24. The molecule has 1 aliphatic rings. The average molecular weight is 379 g/mol. The van der Waals surface area contributed by atoms with Crippen molar-refractivity contribution in [2.75, 3.05) is 5.73 Å². The van der Waals surface area contributed by atoms with Gasteiger partial charge in [-0.25, -0.2) is 9.97 Å². The summed E-state index contributed by atoms with van der Waals surface area (Å²) in [5, 5.41) is 0. The van der Waals surface area contributed by atoms with Crippen LogP contribution in [-0.2, 0) is 11.8 Å². The lowest BCUT2D eigenvalue weighted by Crippen LogP contribution is -2.38. The van der Waals surface area contributed by atoms with Crippen LogP contribution in [0.5, 0.6) is 0 Å². The van der Waals surface area contributed by atoms with E-state index in [-0.39, 0.29) is 5.41 Å². The molecule has 0 spiro atoms. The molecule has 3 nitrogen and oxygen atoms in total. The number of aryl methyl sites for hydroxylation is 1. The molecule has 2 aromatic rings. The molecular weight excluding hydrogens is 361 g/mol. The molecule has 0 amide bonds. The molecular formula is C16H18IN3. The quantitative estimate of drug-likeness (QED) is 0.828. The van der Waals surface area contributed by atoms with E-state index in [9.17, 15) is 0 Å². The Labute approximate surface area is 133 Å². The Morgan fingerprint density at radius 2 is 1.90 bits per heavy atom. The van der Waals surface area contributed by atoms with E-state index in [2.05, 4.69) is 64.8 Å². The molecule has 104 valence electrons. The molecule has 20 heavy (non-hydrogen) atoms. The van der Waals surface area contributed by atoms with Crippen LogP contribution in [0.2, 0.25) is 0 Å². The number of hydrogen-bond donors (Lipinski definition) is 1. The van der Waals surface area contributed by atoms with Gasteiger partial charge >= 0.3 is 0 Å². The van der Waals surface area contributed by atoms with Gasteiger partial charge in [0.25, 0.3) is 0 Å². The van der Waals surface area contributed by atoms with Gasteiger partial charge in [0.1, 0.15) is 11.6 Å². The van der Waals surface area contributed by atoms with Crippen LogP contribution < -0.4 is 5.73 Å². The van der Waals surface area contributed by atoms with Crippen LogP contribution in [0.4, 0.5) is 5.82 Å². The van der Waals surface area contributed by atoms with Crippen molar-refractivity contribution in [3.63, 3.8) is 0 Å². The Morgan fingerprint density at radius 3 is 2.45 bits per heavy atom. The summed E-state index contributed by atoms with van der Waals surface area (Å²) in [6.45, 7) is 2.11. The summed E-state index contributed by atoms with van der Waals surface area (Å²) in [5.41, 5.74) is 8.45. The van der Waals surface area contributed by atoms with E-state index >= 15 is 0 Å². The normalized spacial score (nSPS) is 16.7. The Kier molecular flexibility index (Phi) is 3.67. The lowest BCUT2D eigenvalue weighted by molar-refractivity contribution is 0.284. The van der Waals surface area contributed by atoms with E-state index in [1.807, 2.05) is 0 Å². The third kappa shape index (κ3) is 2.10. The highest BCUT2D eigenvalue weighted by Gasteiger charge is 2.43. The summed E-state index contributed by atoms with van der Waals surface area (Å²) in [4.78, 5) is 9.43. The average Bonchev–Trinajstić information content (AvgIpc) is 2.42. The zero-order valence-electron chi connectivity index (χ0n) is 11.6. The number of nitrogens with zero attached hydrogens (tertiary/aromatic N) is 2. The first-order valence-corrected chi connectivity index (χ1v) is 8.13. The van der Waals surface area contributed by atoms with E-state index in [1.165, 1.54) is 12.0 Å². The largest absolute Gasteiger partial charge is 0.383 e. The van der Waals surface area contributed by atoms with Crippen LogP contribution >= 0.6 is 22.6 Å². The standard InChI is InChI=1S/C16H18IN3/c1-2-12-13(17)14(18)20-15(19-12)16(9-6-10-16)11-7-4-3-5-8-11/h3-5,7-8H,2,6,9-10H2,1H3,(H2,18,19,20). The second-order valence-corrected chi connectivity index (χ2v) is 6.43. The second-order valence-electron chi connectivity index (χ2n) is 5.35. The van der Waals surface area contributed by atoms with Gasteiger partial charge < -0.3 is 5.73 Å². The summed E-state index contributed by atoms with van der Waals surface area (Å²) < 4.78 is 0.997. The number of rotatable bonds is 3. The number of hydrogen-bond acceptors (Lipinski definition) is 3. The molecule has 0 radical (unpaired) electrons. The molecule has 0 unspecified atom stereocenters. The van der Waals surface area contributed by atoms with Gasteiger partial charge in [-0.05, 0) is 47.4 Å². The van der Waals surface area contributed by atoms with Crippen molar-refractivity contribution in [1.29, 1.82) is 0 Å². The highest BCUT2D eigenvalue weighted by Crippen LogP contribution is 2.47. The van der Waals surface area contributed by atoms with Crippen LogP contribution in [0.15, 0.2) is 30.3 Å². The zero-order valence-corrected chi connectivity index (χ0v) is 13.7. The van der Waals surface area contributed by atoms with E-state index in [1.54, 1.807) is 0 Å². The Hall–Kier alpha value is -1.17. The molecule has 1 aromatic heterocycles. The second kappa shape index (κ2) is 5.31. The third-order valence-corrected chi connectivity index (χ3v) is 5.42. The van der Waals surface area contributed by atoms with Gasteiger partial charge in [-0.2, -0.15) is 0 Å². The van der Waals surface area contributed by atoms with Crippen molar-refractivity contribution in [2.45, 2.75) is 38.0 Å². The fourth-order valence-corrected chi connectivity index (χ4v) is 3.51. The molecule has 2 N–H and O–H groups in total. The van der Waals surface area contributed by atoms with Crippen LogP contribution in [0.25, 0.3) is 0 Å². The first kappa shape index (κ1) is 13.8. The maximum atomic E-state index is 6.09. The topological polar surface area (TPSA) is 51.8 Å². The molecule has 0 saturated heterocycles. The minimum absolute atomic E-state index is 0.0242. The fourth-order valence-electron chi connectivity index (χ4n) is 2.89. The summed E-state index contributed by atoms with van der Waals surface area (Å²) in [6.07, 6.45) is 4.34. The SMILES string of the molecule is CCc1nc(C2(c3ccccc3)CCC2)nc(N)c1I. The minimum atomic E-state index is -0.0242. The van der Waals surface area contributed by atoms with Crippen molar-refractivity contribution in [2.24, 2.45) is 0 Å². The van der Waals surface area contributed by atoms with E-state index in [0.717, 1.165) is 34.4 Å². The Bertz CT molecular complexity index is 621. The van der Waals surface area contributed by atoms with Gasteiger partial charge in [0.15, 0.2) is 0 Å². The van der Waals surface area contributed by atoms with E-state index in [0.29, 0.717) is 5.82 Å². The lowest BCUT2D eigenvalue weighted by atomic mass is 9.64. The predicted molar refractivity (Wildman–Crippen MR) is 89.6 cm³/mol. The Morgan fingerprint density at radius 1 is 1.20 bits per heavy atom. The number of halogens is 1. The lowest BCUT2D eigenvalue weighted by Gasteiger charge is -2.41. The molecule has 1 aromatic carbocycles. The number of nitrogens with two attached hydrogens (primary N) is 1. The number of aromatic nitrogens is 2. The Balaban J connectivity index is 2.13.